The molecule has 2 aliphatic rings. The third kappa shape index (κ3) is 3.08. The first kappa shape index (κ1) is 16.7. The highest BCUT2D eigenvalue weighted by atomic mass is 35.5. The Bertz CT molecular complexity index is 593. The van der Waals surface area contributed by atoms with Crippen LogP contribution in [0.1, 0.15) is 31.2 Å². The molecular formula is C15H20ClN3O3. The molecule has 22 heavy (non-hydrogen) atoms. The number of fused-ring (bicyclic) bond motifs is 1. The standard InChI is InChI=1S/C15H19N3O3.ClH/c16-12-3-1-2-11(8-12)15(19)17-7-6-10-4-5-13(18(20)21)9-14(10)17;/h4-5,9,11-12H,1-3,6-8,16H2;1H. The van der Waals surface area contributed by atoms with Crippen molar-refractivity contribution < 1.29 is 9.72 Å². The number of nitro groups is 1. The minimum atomic E-state index is -0.419. The number of carbonyl (C=O) groups excluding carboxylic acids is 1. The summed E-state index contributed by atoms with van der Waals surface area (Å²) in [4.78, 5) is 24.9. The lowest BCUT2D eigenvalue weighted by atomic mass is 9.85. The van der Waals surface area contributed by atoms with E-state index < -0.39 is 4.92 Å². The molecule has 6 nitrogen and oxygen atoms in total. The number of non-ortho nitro benzene ring substituents is 1. The molecule has 2 atom stereocenters. The SMILES string of the molecule is Cl.NC1CCCC(C(=O)N2CCc3ccc([N+](=O)[O-])cc32)C1. The van der Waals surface area contributed by atoms with Gasteiger partial charge >= 0.3 is 0 Å². The molecule has 1 aliphatic heterocycles. The van der Waals surface area contributed by atoms with Crippen molar-refractivity contribution in [2.45, 2.75) is 38.1 Å². The third-order valence-electron chi connectivity index (χ3n) is 4.51. The van der Waals surface area contributed by atoms with Crippen LogP contribution in [0.5, 0.6) is 0 Å². The van der Waals surface area contributed by atoms with Crippen LogP contribution >= 0.6 is 12.4 Å². The lowest BCUT2D eigenvalue weighted by molar-refractivity contribution is -0.384. The van der Waals surface area contributed by atoms with Crippen molar-refractivity contribution in [1.82, 2.24) is 0 Å². The van der Waals surface area contributed by atoms with E-state index in [1.807, 2.05) is 0 Å². The second-order valence-electron chi connectivity index (χ2n) is 5.93. The minimum absolute atomic E-state index is 0. The number of amides is 1. The maximum atomic E-state index is 12.7. The van der Waals surface area contributed by atoms with Gasteiger partial charge in [0.25, 0.3) is 5.69 Å². The van der Waals surface area contributed by atoms with Gasteiger partial charge in [0.05, 0.1) is 10.6 Å². The Hall–Kier alpha value is -1.66. The fraction of sp³-hybridized carbons (Fsp3) is 0.533. The number of nitro benzene ring substituents is 1. The third-order valence-corrected chi connectivity index (χ3v) is 4.51. The number of hydrogen-bond donors (Lipinski definition) is 1. The van der Waals surface area contributed by atoms with Crippen LogP contribution < -0.4 is 10.6 Å². The van der Waals surface area contributed by atoms with Gasteiger partial charge in [0.15, 0.2) is 0 Å². The van der Waals surface area contributed by atoms with Crippen LogP contribution in [0.25, 0.3) is 0 Å². The number of benzene rings is 1. The number of halogens is 1. The van der Waals surface area contributed by atoms with Crippen LogP contribution in [0.2, 0.25) is 0 Å². The second kappa shape index (κ2) is 6.62. The summed E-state index contributed by atoms with van der Waals surface area (Å²) < 4.78 is 0. The maximum absolute atomic E-state index is 12.7. The zero-order valence-corrected chi connectivity index (χ0v) is 13.1. The Morgan fingerprint density at radius 3 is 2.82 bits per heavy atom. The van der Waals surface area contributed by atoms with Gasteiger partial charge in [0, 0.05) is 30.6 Å². The van der Waals surface area contributed by atoms with Crippen molar-refractivity contribution in [1.29, 1.82) is 0 Å². The van der Waals surface area contributed by atoms with Crippen molar-refractivity contribution in [3.63, 3.8) is 0 Å². The van der Waals surface area contributed by atoms with Crippen molar-refractivity contribution in [2.75, 3.05) is 11.4 Å². The van der Waals surface area contributed by atoms with Gasteiger partial charge in [0.1, 0.15) is 0 Å². The lowest BCUT2D eigenvalue weighted by Crippen LogP contribution is -2.40. The van der Waals surface area contributed by atoms with E-state index in [-0.39, 0.29) is 36.0 Å². The van der Waals surface area contributed by atoms with Crippen molar-refractivity contribution in [3.8, 4) is 0 Å². The molecule has 1 aromatic carbocycles. The number of nitrogens with zero attached hydrogens (tertiary/aromatic N) is 2. The predicted molar refractivity (Wildman–Crippen MR) is 86.3 cm³/mol. The highest BCUT2D eigenvalue weighted by molar-refractivity contribution is 5.97. The van der Waals surface area contributed by atoms with Crippen molar-refractivity contribution in [2.24, 2.45) is 11.7 Å². The summed E-state index contributed by atoms with van der Waals surface area (Å²) in [5, 5.41) is 10.9. The van der Waals surface area contributed by atoms with E-state index in [9.17, 15) is 14.9 Å². The molecule has 1 saturated carbocycles. The molecule has 1 aliphatic carbocycles. The lowest BCUT2D eigenvalue weighted by Gasteiger charge is -2.29. The molecule has 2 N–H and O–H groups in total. The topological polar surface area (TPSA) is 89.5 Å². The highest BCUT2D eigenvalue weighted by Crippen LogP contribution is 2.34. The summed E-state index contributed by atoms with van der Waals surface area (Å²) in [6.45, 7) is 0.612. The summed E-state index contributed by atoms with van der Waals surface area (Å²) in [6, 6.07) is 4.87. The molecule has 1 aromatic rings. The second-order valence-corrected chi connectivity index (χ2v) is 5.93. The van der Waals surface area contributed by atoms with Gasteiger partial charge in [-0.2, -0.15) is 0 Å². The minimum Gasteiger partial charge on any atom is -0.328 e. The van der Waals surface area contributed by atoms with Crippen LogP contribution in [0.15, 0.2) is 18.2 Å². The number of carbonyl (C=O) groups is 1. The number of nitrogens with two attached hydrogens (primary N) is 1. The molecule has 0 radical (unpaired) electrons. The number of anilines is 1. The molecule has 3 rings (SSSR count). The van der Waals surface area contributed by atoms with Crippen LogP contribution in [0.3, 0.4) is 0 Å². The summed E-state index contributed by atoms with van der Waals surface area (Å²) in [5.74, 6) is 0.0309. The monoisotopic (exact) mass is 325 g/mol. The first-order valence-corrected chi connectivity index (χ1v) is 7.40. The molecule has 1 amide bonds. The Morgan fingerprint density at radius 1 is 1.36 bits per heavy atom. The van der Waals surface area contributed by atoms with Crippen LogP contribution in [-0.4, -0.2) is 23.4 Å². The smallest absolute Gasteiger partial charge is 0.271 e. The van der Waals surface area contributed by atoms with E-state index in [1.54, 1.807) is 11.0 Å². The summed E-state index contributed by atoms with van der Waals surface area (Å²) in [7, 11) is 0. The average molecular weight is 326 g/mol. The van der Waals surface area contributed by atoms with E-state index in [0.717, 1.165) is 37.7 Å². The first-order chi connectivity index (χ1) is 10.1. The number of hydrogen-bond acceptors (Lipinski definition) is 4. The van der Waals surface area contributed by atoms with E-state index in [2.05, 4.69) is 0 Å². The molecular weight excluding hydrogens is 306 g/mol. The van der Waals surface area contributed by atoms with Gasteiger partial charge in [-0.25, -0.2) is 0 Å². The average Bonchev–Trinajstić information content (AvgIpc) is 2.89. The van der Waals surface area contributed by atoms with Gasteiger partial charge in [0.2, 0.25) is 5.91 Å². The van der Waals surface area contributed by atoms with Crippen molar-refractivity contribution in [3.05, 3.63) is 33.9 Å². The molecule has 1 heterocycles. The summed E-state index contributed by atoms with van der Waals surface area (Å²) in [5.41, 5.74) is 7.71. The largest absolute Gasteiger partial charge is 0.328 e. The van der Waals surface area contributed by atoms with Gasteiger partial charge in [-0.3, -0.25) is 14.9 Å². The molecule has 0 saturated heterocycles. The Balaban J connectivity index is 0.00000176. The summed E-state index contributed by atoms with van der Waals surface area (Å²) >= 11 is 0. The van der Waals surface area contributed by atoms with Crippen LogP contribution in [0.4, 0.5) is 11.4 Å². The van der Waals surface area contributed by atoms with E-state index >= 15 is 0 Å². The molecule has 0 bridgehead atoms. The van der Waals surface area contributed by atoms with E-state index in [1.165, 1.54) is 12.1 Å². The molecule has 2 unspecified atom stereocenters. The van der Waals surface area contributed by atoms with Crippen LogP contribution in [0, 0.1) is 16.0 Å². The molecule has 7 heteroatoms. The van der Waals surface area contributed by atoms with Gasteiger partial charge in [-0.15, -0.1) is 12.4 Å². The number of rotatable bonds is 2. The zero-order chi connectivity index (χ0) is 15.0. The van der Waals surface area contributed by atoms with Crippen LogP contribution in [-0.2, 0) is 11.2 Å². The fourth-order valence-electron chi connectivity index (χ4n) is 3.38. The van der Waals surface area contributed by atoms with E-state index in [0.29, 0.717) is 12.2 Å². The Labute approximate surface area is 135 Å². The zero-order valence-electron chi connectivity index (χ0n) is 12.2. The molecule has 0 spiro atoms. The fourth-order valence-corrected chi connectivity index (χ4v) is 3.38. The van der Waals surface area contributed by atoms with Gasteiger partial charge in [-0.05, 0) is 31.2 Å². The maximum Gasteiger partial charge on any atom is 0.271 e. The molecule has 0 aromatic heterocycles. The van der Waals surface area contributed by atoms with Gasteiger partial charge < -0.3 is 10.6 Å². The van der Waals surface area contributed by atoms with Crippen molar-refractivity contribution >= 4 is 29.7 Å². The summed E-state index contributed by atoms with van der Waals surface area (Å²) in [6.07, 6.45) is 4.31. The normalized spacial score (nSPS) is 23.6. The van der Waals surface area contributed by atoms with Gasteiger partial charge in [-0.1, -0.05) is 12.5 Å². The quantitative estimate of drug-likeness (QED) is 0.668. The first-order valence-electron chi connectivity index (χ1n) is 7.40. The highest BCUT2D eigenvalue weighted by Gasteiger charge is 2.33. The van der Waals surface area contributed by atoms with E-state index in [4.69, 9.17) is 5.73 Å². The molecule has 120 valence electrons. The molecule has 1 fully saturated rings. The Morgan fingerprint density at radius 2 is 2.14 bits per heavy atom. The Kier molecular flexibility index (Phi) is 5.03. The predicted octanol–water partition coefficient (Wildman–Crippen LogP) is 2.42.